The summed E-state index contributed by atoms with van der Waals surface area (Å²) in [5.74, 6) is 3.79. The van der Waals surface area contributed by atoms with Crippen molar-refractivity contribution in [2.24, 2.45) is 0 Å². The summed E-state index contributed by atoms with van der Waals surface area (Å²) in [4.78, 5) is 12.3. The molecule has 0 heterocycles. The molecule has 3 N–H and O–H groups in total. The second-order valence-corrected chi connectivity index (χ2v) is 10.1. The Hall–Kier alpha value is -4.03. The Morgan fingerprint density at radius 1 is 0.625 bits per heavy atom. The Kier molecular flexibility index (Phi) is 18.4. The molecule has 4 rings (SSSR count). The molecule has 0 bridgehead atoms. The molecule has 0 aliphatic rings. The minimum Gasteiger partial charge on any atom is -1.00 e. The molecule has 10 nitrogen and oxygen atoms in total. The van der Waals surface area contributed by atoms with Gasteiger partial charge < -0.3 is 45.2 Å². The summed E-state index contributed by atoms with van der Waals surface area (Å²) in [5.41, 5.74) is 2.59. The third-order valence-corrected chi connectivity index (χ3v) is 7.39. The first kappa shape index (κ1) is 42.0. The van der Waals surface area contributed by atoms with Gasteiger partial charge in [0.25, 0.3) is 0 Å². The molecule has 0 aliphatic heterocycles. The number of aliphatic hydroxyl groups is 1. The van der Waals surface area contributed by atoms with Gasteiger partial charge in [-0.1, -0.05) is 12.1 Å². The maximum atomic E-state index is 12.3. The molecule has 4 aromatic rings. The van der Waals surface area contributed by atoms with Crippen molar-refractivity contribution >= 4 is 14.2 Å². The van der Waals surface area contributed by atoms with Gasteiger partial charge in [-0.15, -0.1) is 0 Å². The van der Waals surface area contributed by atoms with Crippen LogP contribution in [0.5, 0.6) is 46.0 Å². The van der Waals surface area contributed by atoms with Gasteiger partial charge in [-0.05, 0) is 78.9 Å². The molecular weight excluding hydrogens is 626 g/mol. The zero-order valence-electron chi connectivity index (χ0n) is 29.6. The summed E-state index contributed by atoms with van der Waals surface area (Å²) in [6.07, 6.45) is 1.01. The molecule has 3 radical (unpaired) electrons. The molecule has 4 aromatic carbocycles. The smallest absolute Gasteiger partial charge is 1.00 e. The average Bonchev–Trinajstić information content (AvgIpc) is 3.09. The van der Waals surface area contributed by atoms with Crippen molar-refractivity contribution in [3.8, 4) is 46.0 Å². The number of phenols is 2. The summed E-state index contributed by atoms with van der Waals surface area (Å²) in [6, 6.07) is 20.5. The van der Waals surface area contributed by atoms with E-state index in [-0.39, 0.29) is 68.7 Å². The van der Waals surface area contributed by atoms with E-state index < -0.39 is 6.10 Å². The van der Waals surface area contributed by atoms with Crippen LogP contribution in [0.1, 0.15) is 47.4 Å². The molecule has 251 valence electrons. The van der Waals surface area contributed by atoms with E-state index in [2.05, 4.69) is 0 Å². The van der Waals surface area contributed by atoms with E-state index in [0.29, 0.717) is 53.6 Å². The van der Waals surface area contributed by atoms with Crippen LogP contribution in [0.3, 0.4) is 0 Å². The van der Waals surface area contributed by atoms with Crippen LogP contribution in [0.4, 0.5) is 0 Å². The van der Waals surface area contributed by atoms with Crippen molar-refractivity contribution in [1.29, 1.82) is 0 Å². The molecular formula is C36H43BNaO10. The topological polar surface area (TPSA) is 133 Å². The van der Waals surface area contributed by atoms with E-state index in [1.165, 1.54) is 19.2 Å². The molecule has 0 spiro atoms. The number of aromatic hydroxyl groups is 2. The Morgan fingerprint density at radius 3 is 1.56 bits per heavy atom. The van der Waals surface area contributed by atoms with Gasteiger partial charge in [0, 0.05) is 32.5 Å². The Morgan fingerprint density at radius 2 is 1.06 bits per heavy atom. The first-order valence-corrected chi connectivity index (χ1v) is 14.5. The van der Waals surface area contributed by atoms with Gasteiger partial charge in [0.05, 0.1) is 54.3 Å². The largest absolute Gasteiger partial charge is 1.00 e. The summed E-state index contributed by atoms with van der Waals surface area (Å²) in [7, 11) is 9.43. The first-order valence-electron chi connectivity index (χ1n) is 14.5. The number of hydrogen-bond acceptors (Lipinski definition) is 10. The zero-order chi connectivity index (χ0) is 33.6. The number of rotatable bonds is 14. The predicted octanol–water partition coefficient (Wildman–Crippen LogP) is 3.05. The standard InChI is InChI=1S/C18H22O5.C18H20O5.B.Na.H/c2*1-21-13-7-9-17(20)15(10-13)16(19)8-5-12-4-6-14(22-2)11-18(12)23-3;;;/h4,6-7,9-11,16,19-20H,5,8H2,1-3H3;4,6-7,9-11,20H,5,8H2,1-3H3;;;/q;;;+1;-1. The predicted molar refractivity (Wildman–Crippen MR) is 181 cm³/mol. The van der Waals surface area contributed by atoms with Crippen LogP contribution in [0.15, 0.2) is 72.8 Å². The number of methoxy groups -OCH3 is 6. The maximum absolute atomic E-state index is 12.3. The third-order valence-electron chi connectivity index (χ3n) is 7.39. The van der Waals surface area contributed by atoms with Crippen LogP contribution >= 0.6 is 0 Å². The SMILES string of the molecule is COc1ccc(CCC(=O)c2cc(OC)ccc2O)c(OC)c1.COc1ccc(CCC(O)c2cc(OC)ccc2O)c(OC)c1.[B].[H-].[Na+]. The fourth-order valence-corrected chi connectivity index (χ4v) is 4.74. The van der Waals surface area contributed by atoms with Crippen molar-refractivity contribution in [1.82, 2.24) is 0 Å². The molecule has 0 fully saturated rings. The summed E-state index contributed by atoms with van der Waals surface area (Å²) in [6.45, 7) is 0. The van der Waals surface area contributed by atoms with Crippen LogP contribution in [0, 0.1) is 0 Å². The van der Waals surface area contributed by atoms with Crippen molar-refractivity contribution in [2.45, 2.75) is 31.8 Å². The molecule has 0 aromatic heterocycles. The molecule has 48 heavy (non-hydrogen) atoms. The van der Waals surface area contributed by atoms with Gasteiger partial charge in [-0.25, -0.2) is 0 Å². The number of carbonyl (C=O) groups excluding carboxylic acids is 1. The number of aryl methyl sites for hydroxylation is 2. The van der Waals surface area contributed by atoms with Crippen LogP contribution < -0.4 is 58.0 Å². The van der Waals surface area contributed by atoms with Gasteiger partial charge in [-0.3, -0.25) is 4.79 Å². The second kappa shape index (κ2) is 21.1. The normalized spacial score (nSPS) is 10.6. The molecule has 12 heteroatoms. The Labute approximate surface area is 307 Å². The van der Waals surface area contributed by atoms with E-state index in [1.807, 2.05) is 30.3 Å². The van der Waals surface area contributed by atoms with Gasteiger partial charge in [0.1, 0.15) is 46.0 Å². The molecule has 0 amide bonds. The first-order chi connectivity index (χ1) is 22.2. The minimum absolute atomic E-state index is 0. The Bertz CT molecular complexity index is 1600. The number of ketones is 1. The van der Waals surface area contributed by atoms with Gasteiger partial charge in [0.15, 0.2) is 5.78 Å². The average molecular weight is 670 g/mol. The number of benzene rings is 4. The van der Waals surface area contributed by atoms with E-state index in [0.717, 1.165) is 16.9 Å². The van der Waals surface area contributed by atoms with E-state index >= 15 is 0 Å². The number of phenolic OH excluding ortho intramolecular Hbond substituents is 2. The fraction of sp³-hybridized carbons (Fsp3) is 0.306. The number of carbonyl (C=O) groups is 1. The molecule has 0 saturated carbocycles. The summed E-state index contributed by atoms with van der Waals surface area (Å²) in [5, 5.41) is 30.1. The van der Waals surface area contributed by atoms with Crippen LogP contribution in [-0.4, -0.2) is 72.2 Å². The third kappa shape index (κ3) is 11.6. The van der Waals surface area contributed by atoms with Gasteiger partial charge in [-0.2, -0.15) is 0 Å². The van der Waals surface area contributed by atoms with Crippen molar-refractivity contribution in [2.75, 3.05) is 42.7 Å². The fourth-order valence-electron chi connectivity index (χ4n) is 4.74. The number of hydrogen-bond donors (Lipinski definition) is 3. The minimum atomic E-state index is -0.795. The number of ether oxygens (including phenoxy) is 6. The summed E-state index contributed by atoms with van der Waals surface area (Å²) < 4.78 is 31.2. The van der Waals surface area contributed by atoms with Crippen LogP contribution in [0.25, 0.3) is 0 Å². The van der Waals surface area contributed by atoms with Crippen molar-refractivity contribution < 1.29 is 79.5 Å². The molecule has 1 atom stereocenters. The van der Waals surface area contributed by atoms with Crippen molar-refractivity contribution in [3.63, 3.8) is 0 Å². The van der Waals surface area contributed by atoms with Gasteiger partial charge >= 0.3 is 29.6 Å². The number of aliphatic hydroxyl groups excluding tert-OH is 1. The zero-order valence-corrected chi connectivity index (χ0v) is 30.6. The van der Waals surface area contributed by atoms with Crippen LogP contribution in [-0.2, 0) is 12.8 Å². The quantitative estimate of drug-likeness (QED) is 0.136. The van der Waals surface area contributed by atoms with Crippen molar-refractivity contribution in [3.05, 3.63) is 95.1 Å². The second-order valence-electron chi connectivity index (χ2n) is 10.1. The molecule has 0 saturated heterocycles. The van der Waals surface area contributed by atoms with E-state index in [1.54, 1.807) is 65.9 Å². The van der Waals surface area contributed by atoms with Gasteiger partial charge in [0.2, 0.25) is 0 Å². The maximum Gasteiger partial charge on any atom is 1.00 e. The summed E-state index contributed by atoms with van der Waals surface area (Å²) >= 11 is 0. The van der Waals surface area contributed by atoms with E-state index in [4.69, 9.17) is 28.4 Å². The number of Topliss-reactive ketones (excluding diaryl/α,β-unsaturated/α-hetero) is 1. The monoisotopic (exact) mass is 669 g/mol. The van der Waals surface area contributed by atoms with Crippen LogP contribution in [0.2, 0.25) is 0 Å². The molecule has 1 unspecified atom stereocenters. The Balaban J connectivity index is 0.000000886. The molecule has 0 aliphatic carbocycles. The van der Waals surface area contributed by atoms with E-state index in [9.17, 15) is 20.1 Å².